The van der Waals surface area contributed by atoms with E-state index in [-0.39, 0.29) is 36.6 Å². The van der Waals surface area contributed by atoms with Crippen molar-refractivity contribution in [2.75, 3.05) is 38.7 Å². The molecule has 1 aromatic heterocycles. The Balaban J connectivity index is 1.51. The van der Waals surface area contributed by atoms with E-state index in [2.05, 4.69) is 5.32 Å². The number of amides is 1. The van der Waals surface area contributed by atoms with Crippen LogP contribution in [-0.2, 0) is 26.1 Å². The van der Waals surface area contributed by atoms with Crippen LogP contribution in [0.25, 0.3) is 11.1 Å². The standard InChI is InChI=1S/C21H22ClN3O7S/c1-30-18-5-3-15(33(28,29)24-8-10-31-11-9-24)13-16(18)23-20(26)6-7-25-17-4-2-14(22)12-19(17)32-21(25)27/h2-5,12-13H,6-11H2,1H3,(H,23,26). The number of ether oxygens (including phenoxy) is 2. The van der Waals surface area contributed by atoms with Crippen LogP contribution in [-0.4, -0.2) is 56.6 Å². The smallest absolute Gasteiger partial charge is 0.419 e. The maximum atomic E-state index is 13.0. The van der Waals surface area contributed by atoms with E-state index in [0.717, 1.165) is 0 Å². The van der Waals surface area contributed by atoms with E-state index in [0.29, 0.717) is 35.1 Å². The average Bonchev–Trinajstić information content (AvgIpc) is 3.12. The monoisotopic (exact) mass is 495 g/mol. The fourth-order valence-electron chi connectivity index (χ4n) is 3.56. The number of anilines is 1. The molecular weight excluding hydrogens is 474 g/mol. The molecule has 10 nitrogen and oxygen atoms in total. The van der Waals surface area contributed by atoms with Gasteiger partial charge in [0.25, 0.3) is 0 Å². The largest absolute Gasteiger partial charge is 0.495 e. The summed E-state index contributed by atoms with van der Waals surface area (Å²) < 4.78 is 44.2. The first kappa shape index (κ1) is 23.3. The number of hydrogen-bond acceptors (Lipinski definition) is 7. The summed E-state index contributed by atoms with van der Waals surface area (Å²) in [7, 11) is -2.33. The van der Waals surface area contributed by atoms with Crippen molar-refractivity contribution in [3.8, 4) is 5.75 Å². The van der Waals surface area contributed by atoms with Crippen molar-refractivity contribution < 1.29 is 27.1 Å². The lowest BCUT2D eigenvalue weighted by Gasteiger charge is -2.26. The minimum Gasteiger partial charge on any atom is -0.495 e. The Labute approximate surface area is 194 Å². The summed E-state index contributed by atoms with van der Waals surface area (Å²) in [6.45, 7) is 1.23. The Morgan fingerprint density at radius 3 is 2.67 bits per heavy atom. The van der Waals surface area contributed by atoms with Gasteiger partial charge in [0.15, 0.2) is 5.58 Å². The van der Waals surface area contributed by atoms with Crippen molar-refractivity contribution >= 4 is 44.3 Å². The highest BCUT2D eigenvalue weighted by Crippen LogP contribution is 2.29. The van der Waals surface area contributed by atoms with E-state index in [1.807, 2.05) is 0 Å². The topological polar surface area (TPSA) is 120 Å². The molecule has 0 spiro atoms. The fourth-order valence-corrected chi connectivity index (χ4v) is 5.16. The average molecular weight is 496 g/mol. The van der Waals surface area contributed by atoms with Crippen molar-refractivity contribution in [1.82, 2.24) is 8.87 Å². The molecule has 2 aromatic carbocycles. The molecule has 0 aliphatic carbocycles. The number of sulfonamides is 1. The number of halogens is 1. The van der Waals surface area contributed by atoms with Crippen LogP contribution in [0.1, 0.15) is 6.42 Å². The maximum absolute atomic E-state index is 13.0. The molecule has 1 fully saturated rings. The molecule has 0 atom stereocenters. The van der Waals surface area contributed by atoms with Gasteiger partial charge >= 0.3 is 5.76 Å². The zero-order valence-corrected chi connectivity index (χ0v) is 19.3. The van der Waals surface area contributed by atoms with Gasteiger partial charge in [-0.1, -0.05) is 11.6 Å². The van der Waals surface area contributed by atoms with Crippen LogP contribution in [0.15, 0.2) is 50.5 Å². The first-order valence-electron chi connectivity index (χ1n) is 10.1. The van der Waals surface area contributed by atoms with Gasteiger partial charge < -0.3 is 19.2 Å². The number of fused-ring (bicyclic) bond motifs is 1. The van der Waals surface area contributed by atoms with E-state index in [1.54, 1.807) is 12.1 Å². The lowest BCUT2D eigenvalue weighted by molar-refractivity contribution is -0.116. The lowest BCUT2D eigenvalue weighted by atomic mass is 10.2. The number of nitrogens with one attached hydrogen (secondary N) is 1. The van der Waals surface area contributed by atoms with Crippen LogP contribution < -0.4 is 15.8 Å². The van der Waals surface area contributed by atoms with E-state index < -0.39 is 21.7 Å². The van der Waals surface area contributed by atoms with E-state index in [1.165, 1.54) is 40.2 Å². The number of morpholine rings is 1. The Morgan fingerprint density at radius 1 is 1.18 bits per heavy atom. The molecule has 12 heteroatoms. The van der Waals surface area contributed by atoms with E-state index in [9.17, 15) is 18.0 Å². The van der Waals surface area contributed by atoms with Crippen molar-refractivity contribution in [1.29, 1.82) is 0 Å². The van der Waals surface area contributed by atoms with Crippen LogP contribution in [0.5, 0.6) is 5.75 Å². The summed E-state index contributed by atoms with van der Waals surface area (Å²) in [5, 5.41) is 3.11. The predicted molar refractivity (Wildman–Crippen MR) is 121 cm³/mol. The molecule has 33 heavy (non-hydrogen) atoms. The zero-order chi connectivity index (χ0) is 23.6. The first-order chi connectivity index (χ1) is 15.8. The van der Waals surface area contributed by atoms with Crippen molar-refractivity contribution in [2.45, 2.75) is 17.9 Å². The van der Waals surface area contributed by atoms with E-state index >= 15 is 0 Å². The number of benzene rings is 2. The zero-order valence-electron chi connectivity index (χ0n) is 17.7. The third kappa shape index (κ3) is 4.91. The normalized spacial score (nSPS) is 15.0. The summed E-state index contributed by atoms with van der Waals surface area (Å²) >= 11 is 5.92. The Bertz CT molecular complexity index is 1340. The molecule has 0 bridgehead atoms. The molecule has 0 radical (unpaired) electrons. The summed E-state index contributed by atoms with van der Waals surface area (Å²) in [6, 6.07) is 9.08. The molecule has 0 unspecified atom stereocenters. The fraction of sp³-hybridized carbons (Fsp3) is 0.333. The van der Waals surface area contributed by atoms with Gasteiger partial charge in [-0.05, 0) is 30.3 Å². The van der Waals surface area contributed by atoms with Gasteiger partial charge in [-0.3, -0.25) is 9.36 Å². The molecule has 3 aromatic rings. The maximum Gasteiger partial charge on any atom is 0.419 e. The van der Waals surface area contributed by atoms with Crippen molar-refractivity contribution in [3.05, 3.63) is 52.0 Å². The van der Waals surface area contributed by atoms with Crippen LogP contribution in [0, 0.1) is 0 Å². The van der Waals surface area contributed by atoms with Gasteiger partial charge in [-0.25, -0.2) is 13.2 Å². The highest BCUT2D eigenvalue weighted by atomic mass is 35.5. The third-order valence-corrected chi connectivity index (χ3v) is 7.38. The summed E-state index contributed by atoms with van der Waals surface area (Å²) in [5.41, 5.74) is 1.07. The second-order valence-electron chi connectivity index (χ2n) is 7.31. The molecule has 0 saturated carbocycles. The highest BCUT2D eigenvalue weighted by Gasteiger charge is 2.27. The van der Waals surface area contributed by atoms with Crippen LogP contribution in [0.4, 0.5) is 5.69 Å². The number of oxazole rings is 1. The first-order valence-corrected chi connectivity index (χ1v) is 12.0. The number of hydrogen-bond donors (Lipinski definition) is 1. The Morgan fingerprint density at radius 2 is 1.94 bits per heavy atom. The van der Waals surface area contributed by atoms with Gasteiger partial charge in [0.05, 0.1) is 36.4 Å². The third-order valence-electron chi connectivity index (χ3n) is 5.25. The second-order valence-corrected chi connectivity index (χ2v) is 9.68. The Hall–Kier alpha value is -2.86. The highest BCUT2D eigenvalue weighted by molar-refractivity contribution is 7.89. The van der Waals surface area contributed by atoms with Crippen molar-refractivity contribution in [2.24, 2.45) is 0 Å². The van der Waals surface area contributed by atoms with Crippen molar-refractivity contribution in [3.63, 3.8) is 0 Å². The number of aryl methyl sites for hydroxylation is 1. The molecule has 1 aliphatic rings. The van der Waals surface area contributed by atoms with Gasteiger partial charge in [-0.2, -0.15) is 4.31 Å². The molecular formula is C21H22ClN3O7S. The minimum atomic E-state index is -3.75. The summed E-state index contributed by atoms with van der Waals surface area (Å²) in [4.78, 5) is 24.8. The lowest BCUT2D eigenvalue weighted by Crippen LogP contribution is -2.40. The number of methoxy groups -OCH3 is 1. The molecule has 1 amide bonds. The number of rotatable bonds is 7. The molecule has 1 aliphatic heterocycles. The van der Waals surface area contributed by atoms with E-state index in [4.69, 9.17) is 25.5 Å². The minimum absolute atomic E-state index is 0.0365. The molecule has 176 valence electrons. The van der Waals surface area contributed by atoms with Crippen LogP contribution in [0.2, 0.25) is 5.02 Å². The molecule has 4 rings (SSSR count). The molecule has 1 saturated heterocycles. The van der Waals surface area contributed by atoms with Gasteiger partial charge in [0, 0.05) is 37.1 Å². The van der Waals surface area contributed by atoms with Gasteiger partial charge in [-0.15, -0.1) is 0 Å². The number of aromatic nitrogens is 1. The predicted octanol–water partition coefficient (Wildman–Crippen LogP) is 2.31. The summed E-state index contributed by atoms with van der Waals surface area (Å²) in [5.74, 6) is -0.717. The number of nitrogens with zero attached hydrogens (tertiary/aromatic N) is 2. The van der Waals surface area contributed by atoms with Crippen LogP contribution >= 0.6 is 11.6 Å². The molecule has 2 heterocycles. The second kappa shape index (κ2) is 9.56. The molecule has 1 N–H and O–H groups in total. The number of carbonyl (C=O) groups excluding carboxylic acids is 1. The number of carbonyl (C=O) groups is 1. The SMILES string of the molecule is COc1ccc(S(=O)(=O)N2CCOCC2)cc1NC(=O)CCn1c(=O)oc2cc(Cl)ccc21. The summed E-state index contributed by atoms with van der Waals surface area (Å²) in [6.07, 6.45) is -0.0548. The van der Waals surface area contributed by atoms with Crippen LogP contribution in [0.3, 0.4) is 0 Å². The Kier molecular flexibility index (Phi) is 6.75. The van der Waals surface area contributed by atoms with Gasteiger partial charge in [0.1, 0.15) is 5.75 Å². The quantitative estimate of drug-likeness (QED) is 0.534. The van der Waals surface area contributed by atoms with Gasteiger partial charge in [0.2, 0.25) is 15.9 Å².